The molecule has 0 saturated carbocycles. The van der Waals surface area contributed by atoms with E-state index in [0.717, 1.165) is 25.7 Å². The molecule has 1 atom stereocenters. The summed E-state index contributed by atoms with van der Waals surface area (Å²) in [5.41, 5.74) is 9.18. The summed E-state index contributed by atoms with van der Waals surface area (Å²) < 4.78 is 29.5. The lowest BCUT2D eigenvalue weighted by molar-refractivity contribution is 0.192. The van der Waals surface area contributed by atoms with Crippen molar-refractivity contribution in [2.75, 3.05) is 24.5 Å². The quantitative estimate of drug-likeness (QED) is 0.417. The minimum atomic E-state index is -0.547. The SMILES string of the molecule is CC(C)[C@H]1CN(Cc2ccccc2)CCN1c1cc(F)c(/C=N/NC(N)=S)cc1F. The number of piperazine rings is 1. The average molecular weight is 432 g/mol. The van der Waals surface area contributed by atoms with Gasteiger partial charge in [-0.1, -0.05) is 44.2 Å². The van der Waals surface area contributed by atoms with Gasteiger partial charge in [0, 0.05) is 43.9 Å². The lowest BCUT2D eigenvalue weighted by Gasteiger charge is -2.45. The van der Waals surface area contributed by atoms with Crippen LogP contribution in [0.3, 0.4) is 0 Å². The zero-order valence-corrected chi connectivity index (χ0v) is 18.0. The summed E-state index contributed by atoms with van der Waals surface area (Å²) in [7, 11) is 0. The van der Waals surface area contributed by atoms with Gasteiger partial charge >= 0.3 is 0 Å². The summed E-state index contributed by atoms with van der Waals surface area (Å²) in [6, 6.07) is 12.8. The first-order valence-corrected chi connectivity index (χ1v) is 10.4. The Bertz CT molecular complexity index is 904. The zero-order valence-electron chi connectivity index (χ0n) is 17.2. The minimum Gasteiger partial charge on any atom is -0.375 e. The smallest absolute Gasteiger partial charge is 0.184 e. The van der Waals surface area contributed by atoms with Crippen LogP contribution in [0.5, 0.6) is 0 Å². The van der Waals surface area contributed by atoms with Gasteiger partial charge in [-0.3, -0.25) is 10.3 Å². The van der Waals surface area contributed by atoms with Crippen molar-refractivity contribution >= 4 is 29.2 Å². The highest BCUT2D eigenvalue weighted by Crippen LogP contribution is 2.29. The number of hydrogen-bond donors (Lipinski definition) is 2. The number of nitrogens with one attached hydrogen (secondary N) is 1. The molecular formula is C22H27F2N5S. The van der Waals surface area contributed by atoms with E-state index >= 15 is 0 Å². The van der Waals surface area contributed by atoms with Gasteiger partial charge < -0.3 is 10.6 Å². The maximum Gasteiger partial charge on any atom is 0.184 e. The molecule has 0 spiro atoms. The molecule has 1 heterocycles. The number of benzene rings is 2. The van der Waals surface area contributed by atoms with Gasteiger partial charge in [0.1, 0.15) is 11.6 Å². The van der Waals surface area contributed by atoms with Gasteiger partial charge in [-0.25, -0.2) is 8.78 Å². The second-order valence-electron chi connectivity index (χ2n) is 7.78. The van der Waals surface area contributed by atoms with Crippen LogP contribution < -0.4 is 16.1 Å². The van der Waals surface area contributed by atoms with E-state index in [2.05, 4.69) is 53.6 Å². The molecular weight excluding hydrogens is 404 g/mol. The topological polar surface area (TPSA) is 56.9 Å². The molecule has 0 unspecified atom stereocenters. The van der Waals surface area contributed by atoms with Crippen LogP contribution in [-0.2, 0) is 6.54 Å². The first-order valence-electron chi connectivity index (χ1n) is 9.95. The van der Waals surface area contributed by atoms with Crippen LogP contribution >= 0.6 is 12.2 Å². The van der Waals surface area contributed by atoms with Crippen molar-refractivity contribution in [1.29, 1.82) is 0 Å². The van der Waals surface area contributed by atoms with Gasteiger partial charge in [-0.05, 0) is 29.8 Å². The summed E-state index contributed by atoms with van der Waals surface area (Å²) in [5.74, 6) is -0.744. The third kappa shape index (κ3) is 5.52. The van der Waals surface area contributed by atoms with Gasteiger partial charge in [-0.2, -0.15) is 5.10 Å². The molecule has 1 saturated heterocycles. The maximum absolute atomic E-state index is 14.9. The second kappa shape index (κ2) is 9.95. The van der Waals surface area contributed by atoms with Gasteiger partial charge in [0.25, 0.3) is 0 Å². The Morgan fingerprint density at radius 3 is 2.63 bits per heavy atom. The fraction of sp³-hybridized carbons (Fsp3) is 0.364. The molecule has 3 N–H and O–H groups in total. The van der Waals surface area contributed by atoms with Crippen molar-refractivity contribution in [3.63, 3.8) is 0 Å². The lowest BCUT2D eigenvalue weighted by Crippen LogP contribution is -2.55. The highest BCUT2D eigenvalue weighted by molar-refractivity contribution is 7.80. The monoisotopic (exact) mass is 431 g/mol. The molecule has 8 heteroatoms. The number of thiocarbonyl (C=S) groups is 1. The van der Waals surface area contributed by atoms with Crippen LogP contribution in [0.2, 0.25) is 0 Å². The molecule has 30 heavy (non-hydrogen) atoms. The molecule has 5 nitrogen and oxygen atoms in total. The van der Waals surface area contributed by atoms with Crippen LogP contribution in [0, 0.1) is 17.6 Å². The molecule has 0 radical (unpaired) electrons. The molecule has 3 rings (SSSR count). The Balaban J connectivity index is 1.78. The molecule has 0 aromatic heterocycles. The Labute approximate surface area is 181 Å². The summed E-state index contributed by atoms with van der Waals surface area (Å²) in [5, 5.41) is 3.67. The highest BCUT2D eigenvalue weighted by atomic mass is 32.1. The molecule has 160 valence electrons. The van der Waals surface area contributed by atoms with Crippen molar-refractivity contribution in [1.82, 2.24) is 10.3 Å². The summed E-state index contributed by atoms with van der Waals surface area (Å²) >= 11 is 4.64. The van der Waals surface area contributed by atoms with Crippen LogP contribution in [-0.4, -0.2) is 41.9 Å². The number of anilines is 1. The zero-order chi connectivity index (χ0) is 21.7. The fourth-order valence-corrected chi connectivity index (χ4v) is 3.81. The van der Waals surface area contributed by atoms with Gasteiger partial charge in [0.2, 0.25) is 0 Å². The normalized spacial score (nSPS) is 17.6. The van der Waals surface area contributed by atoms with Crippen LogP contribution in [0.25, 0.3) is 0 Å². The predicted octanol–water partition coefficient (Wildman–Crippen LogP) is 3.48. The number of nitrogens with zero attached hydrogens (tertiary/aromatic N) is 3. The number of hydrogen-bond acceptors (Lipinski definition) is 4. The maximum atomic E-state index is 14.9. The number of rotatable bonds is 6. The summed E-state index contributed by atoms with van der Waals surface area (Å²) in [6.07, 6.45) is 1.17. The van der Waals surface area contributed by atoms with E-state index in [1.54, 1.807) is 0 Å². The van der Waals surface area contributed by atoms with E-state index in [1.807, 2.05) is 23.1 Å². The molecule has 2 aromatic carbocycles. The molecule has 0 amide bonds. The molecule has 1 aliphatic rings. The van der Waals surface area contributed by atoms with Gasteiger partial charge in [-0.15, -0.1) is 0 Å². The van der Waals surface area contributed by atoms with E-state index in [-0.39, 0.29) is 28.3 Å². The van der Waals surface area contributed by atoms with Crippen LogP contribution in [0.15, 0.2) is 47.6 Å². The average Bonchev–Trinajstić information content (AvgIpc) is 2.71. The number of halogens is 2. The van der Waals surface area contributed by atoms with E-state index in [9.17, 15) is 8.78 Å². The standard InChI is InChI=1S/C22H27F2N5S/c1-15(2)21-14-28(13-16-6-4-3-5-7-16)8-9-29(21)20-11-18(23)17(10-19(20)24)12-26-27-22(25)30/h3-7,10-12,15,21H,8-9,13-14H2,1-2H3,(H3,25,27,30)/b26-12+/t21-/m1/s1. The number of nitrogens with two attached hydrogens (primary N) is 1. The van der Waals surface area contributed by atoms with Crippen LogP contribution in [0.1, 0.15) is 25.0 Å². The molecule has 0 aliphatic carbocycles. The molecule has 2 aromatic rings. The van der Waals surface area contributed by atoms with Crippen molar-refractivity contribution in [2.24, 2.45) is 16.8 Å². The first-order chi connectivity index (χ1) is 14.3. The van der Waals surface area contributed by atoms with E-state index in [1.165, 1.54) is 17.8 Å². The van der Waals surface area contributed by atoms with Gasteiger partial charge in [0.05, 0.1) is 11.9 Å². The third-order valence-corrected chi connectivity index (χ3v) is 5.37. The first kappa shape index (κ1) is 22.1. The van der Waals surface area contributed by atoms with Crippen molar-refractivity contribution in [2.45, 2.75) is 26.4 Å². The molecule has 1 fully saturated rings. The number of hydrazone groups is 1. The fourth-order valence-electron chi connectivity index (χ4n) is 3.76. The minimum absolute atomic E-state index is 0.0313. The molecule has 0 bridgehead atoms. The summed E-state index contributed by atoms with van der Waals surface area (Å²) in [4.78, 5) is 4.35. The molecule has 1 aliphatic heterocycles. The lowest BCUT2D eigenvalue weighted by atomic mass is 9.97. The Morgan fingerprint density at radius 2 is 1.97 bits per heavy atom. The van der Waals surface area contributed by atoms with Crippen molar-refractivity contribution < 1.29 is 8.78 Å². The van der Waals surface area contributed by atoms with E-state index in [0.29, 0.717) is 6.54 Å². The predicted molar refractivity (Wildman–Crippen MR) is 122 cm³/mol. The summed E-state index contributed by atoms with van der Waals surface area (Å²) in [6.45, 7) is 7.26. The Kier molecular flexibility index (Phi) is 7.33. The van der Waals surface area contributed by atoms with E-state index in [4.69, 9.17) is 5.73 Å². The second-order valence-corrected chi connectivity index (χ2v) is 8.22. The van der Waals surface area contributed by atoms with Gasteiger partial charge in [0.15, 0.2) is 5.11 Å². The third-order valence-electron chi connectivity index (χ3n) is 5.28. The largest absolute Gasteiger partial charge is 0.375 e. The highest BCUT2D eigenvalue weighted by Gasteiger charge is 2.31. The Morgan fingerprint density at radius 1 is 1.23 bits per heavy atom. The van der Waals surface area contributed by atoms with Crippen molar-refractivity contribution in [3.8, 4) is 0 Å². The Hall–Kier alpha value is -2.58. The van der Waals surface area contributed by atoms with Crippen molar-refractivity contribution in [3.05, 3.63) is 65.2 Å². The van der Waals surface area contributed by atoms with Crippen LogP contribution in [0.4, 0.5) is 14.5 Å². The van der Waals surface area contributed by atoms with E-state index < -0.39 is 11.6 Å².